The molecule has 5 saturated carbocycles. The van der Waals surface area contributed by atoms with Crippen molar-refractivity contribution in [2.45, 2.75) is 188 Å². The summed E-state index contributed by atoms with van der Waals surface area (Å²) < 4.78 is 25.4. The van der Waals surface area contributed by atoms with Crippen LogP contribution in [0.4, 0.5) is 4.79 Å². The number of carbonyl (C=O) groups excluding carboxylic acids is 2. The maximum Gasteiger partial charge on any atom is 0.410 e. The maximum atomic E-state index is 14.0. The number of likely N-dealkylation sites (N-methyl/N-ethyl adjacent to an activating group) is 1. The molecule has 13 atom stereocenters. The fourth-order valence-corrected chi connectivity index (χ4v) is 14.1. The van der Waals surface area contributed by atoms with Gasteiger partial charge in [-0.3, -0.25) is 4.90 Å². The second kappa shape index (κ2) is 12.0. The van der Waals surface area contributed by atoms with E-state index in [4.69, 9.17) is 18.9 Å². The van der Waals surface area contributed by atoms with Gasteiger partial charge >= 0.3 is 12.1 Å². The topological polar surface area (TPSA) is 115 Å². The largest absolute Gasteiger partial charge is 0.460 e. The van der Waals surface area contributed by atoms with Crippen LogP contribution in [0.25, 0.3) is 0 Å². The van der Waals surface area contributed by atoms with Crippen molar-refractivity contribution >= 4 is 12.1 Å². The number of esters is 1. The van der Waals surface area contributed by atoms with E-state index in [-0.39, 0.29) is 69.1 Å². The van der Waals surface area contributed by atoms with Gasteiger partial charge in [0.15, 0.2) is 0 Å². The molecule has 6 aliphatic rings. The van der Waals surface area contributed by atoms with Crippen LogP contribution < -0.4 is 0 Å². The van der Waals surface area contributed by atoms with E-state index >= 15 is 0 Å². The second-order valence-electron chi connectivity index (χ2n) is 21.3. The van der Waals surface area contributed by atoms with Gasteiger partial charge < -0.3 is 29.2 Å². The first-order valence-electron chi connectivity index (χ1n) is 20.0. The van der Waals surface area contributed by atoms with Crippen LogP contribution in [0.2, 0.25) is 0 Å². The number of ether oxygens (including phenoxy) is 4. The average Bonchev–Trinajstić information content (AvgIpc) is 3.35. The van der Waals surface area contributed by atoms with Gasteiger partial charge in [-0.05, 0) is 139 Å². The Morgan fingerprint density at radius 2 is 1.55 bits per heavy atom. The number of carbonyl (C=O) groups is 2. The lowest BCUT2D eigenvalue weighted by Crippen LogP contribution is -2.63. The third kappa shape index (κ3) is 5.65. The molecular weight excluding hydrogens is 646 g/mol. The van der Waals surface area contributed by atoms with Crippen LogP contribution in [0.3, 0.4) is 0 Å². The van der Waals surface area contributed by atoms with Gasteiger partial charge in [0.2, 0.25) is 0 Å². The molecule has 51 heavy (non-hydrogen) atoms. The molecule has 0 aromatic heterocycles. The molecule has 9 heteroatoms. The van der Waals surface area contributed by atoms with Crippen LogP contribution >= 0.6 is 0 Å². The lowest BCUT2D eigenvalue weighted by molar-refractivity contribution is -0.223. The standard InChI is InChI=1S/C42H71NO8/c1-24(2)30(43(13)34(46)51-35(3,4)5)33(45)49-28-16-18-42-23-41(42)20-19-38(10)31(40(12)17-15-29(50-40)37(8,9)47)25(44)22-39(38,11)27(41)21-26(48-14)32(42)36(28,6)7/h24-32,44,47H,15-23H2,1-14H3/t25-,26-,27?,28-,29-,30-,31-,32-,38+,39-,40+,41-,42+/m0/s1. The number of nitrogens with zero attached hydrogens (tertiary/aromatic N) is 1. The Hall–Kier alpha value is -1.42. The molecule has 1 amide bonds. The van der Waals surface area contributed by atoms with Crippen molar-refractivity contribution < 1.29 is 38.7 Å². The molecule has 0 radical (unpaired) electrons. The predicted octanol–water partition coefficient (Wildman–Crippen LogP) is 7.53. The van der Waals surface area contributed by atoms with Crippen LogP contribution in [-0.4, -0.2) is 88.6 Å². The minimum absolute atomic E-state index is 0.000661. The molecule has 6 fully saturated rings. The summed E-state index contributed by atoms with van der Waals surface area (Å²) in [6.07, 6.45) is 6.91. The van der Waals surface area contributed by atoms with Gasteiger partial charge in [0.1, 0.15) is 17.7 Å². The highest BCUT2D eigenvalue weighted by atomic mass is 16.6. The minimum Gasteiger partial charge on any atom is -0.460 e. The Kier molecular flexibility index (Phi) is 9.27. The zero-order valence-corrected chi connectivity index (χ0v) is 34.4. The molecule has 5 aliphatic carbocycles. The summed E-state index contributed by atoms with van der Waals surface area (Å²) in [5, 5.41) is 22.9. The van der Waals surface area contributed by atoms with Crippen molar-refractivity contribution in [3.8, 4) is 0 Å². The summed E-state index contributed by atoms with van der Waals surface area (Å²) in [4.78, 5) is 28.4. The Balaban J connectivity index is 1.26. The Morgan fingerprint density at radius 1 is 0.902 bits per heavy atom. The number of methoxy groups -OCH3 is 1. The van der Waals surface area contributed by atoms with Gasteiger partial charge in [-0.2, -0.15) is 0 Å². The van der Waals surface area contributed by atoms with Crippen LogP contribution in [-0.2, 0) is 23.7 Å². The van der Waals surface area contributed by atoms with E-state index in [9.17, 15) is 19.8 Å². The summed E-state index contributed by atoms with van der Waals surface area (Å²) >= 11 is 0. The Labute approximate surface area is 308 Å². The van der Waals surface area contributed by atoms with Crippen molar-refractivity contribution in [3.05, 3.63) is 0 Å². The van der Waals surface area contributed by atoms with Crippen molar-refractivity contribution in [1.82, 2.24) is 4.90 Å². The number of hydrogen-bond donors (Lipinski definition) is 2. The Morgan fingerprint density at radius 3 is 2.10 bits per heavy atom. The maximum absolute atomic E-state index is 14.0. The molecule has 9 nitrogen and oxygen atoms in total. The van der Waals surface area contributed by atoms with Crippen LogP contribution in [0.15, 0.2) is 0 Å². The highest BCUT2D eigenvalue weighted by molar-refractivity contribution is 5.82. The molecule has 0 aromatic carbocycles. The summed E-state index contributed by atoms with van der Waals surface area (Å²) in [5.74, 6) is 0.0941. The van der Waals surface area contributed by atoms with Gasteiger partial charge in [-0.1, -0.05) is 41.5 Å². The van der Waals surface area contributed by atoms with Crippen LogP contribution in [0, 0.1) is 50.7 Å². The fourth-order valence-electron chi connectivity index (χ4n) is 14.1. The van der Waals surface area contributed by atoms with Gasteiger partial charge in [0, 0.05) is 25.5 Å². The molecule has 0 bridgehead atoms. The minimum atomic E-state index is -0.920. The highest BCUT2D eigenvalue weighted by Gasteiger charge is 2.85. The van der Waals surface area contributed by atoms with E-state index in [0.717, 1.165) is 57.8 Å². The lowest BCUT2D eigenvalue weighted by Gasteiger charge is -2.65. The second-order valence-corrected chi connectivity index (χ2v) is 21.3. The van der Waals surface area contributed by atoms with Gasteiger partial charge in [0.25, 0.3) is 0 Å². The molecule has 1 saturated heterocycles. The van der Waals surface area contributed by atoms with Crippen LogP contribution in [0.1, 0.15) is 141 Å². The first-order chi connectivity index (χ1) is 23.2. The molecule has 1 aliphatic heterocycles. The fraction of sp³-hybridized carbons (Fsp3) is 0.952. The number of hydrogen-bond acceptors (Lipinski definition) is 8. The predicted molar refractivity (Wildman–Crippen MR) is 196 cm³/mol. The normalized spacial score (nSPS) is 46.3. The van der Waals surface area contributed by atoms with Crippen molar-refractivity contribution in [2.24, 2.45) is 50.7 Å². The summed E-state index contributed by atoms with van der Waals surface area (Å²) in [5.41, 5.74) is -2.36. The van der Waals surface area contributed by atoms with E-state index in [1.165, 1.54) is 4.90 Å². The number of aliphatic hydroxyl groups excluding tert-OH is 1. The zero-order valence-electron chi connectivity index (χ0n) is 34.4. The van der Waals surface area contributed by atoms with E-state index in [1.807, 2.05) is 55.6 Å². The van der Waals surface area contributed by atoms with Gasteiger partial charge in [0.05, 0.1) is 29.5 Å². The van der Waals surface area contributed by atoms with E-state index in [1.54, 1.807) is 7.05 Å². The summed E-state index contributed by atoms with van der Waals surface area (Å²) in [6, 6.07) is -0.755. The molecule has 6 rings (SSSR count). The molecule has 1 heterocycles. The third-order valence-electron chi connectivity index (χ3n) is 16.2. The zero-order chi connectivity index (χ0) is 38.1. The molecular formula is C42H71NO8. The molecule has 292 valence electrons. The molecule has 2 spiro atoms. The molecule has 0 aromatic rings. The van der Waals surface area contributed by atoms with Crippen LogP contribution in [0.5, 0.6) is 0 Å². The number of rotatable bonds is 7. The number of aliphatic hydroxyl groups is 2. The lowest BCUT2D eigenvalue weighted by atomic mass is 9.41. The number of fused-ring (bicyclic) bond motifs is 2. The van der Waals surface area contributed by atoms with Gasteiger partial charge in [-0.25, -0.2) is 9.59 Å². The summed E-state index contributed by atoms with van der Waals surface area (Å²) in [6.45, 7) is 24.7. The molecule has 1 unspecified atom stereocenters. The van der Waals surface area contributed by atoms with E-state index in [2.05, 4.69) is 34.6 Å². The van der Waals surface area contributed by atoms with E-state index in [0.29, 0.717) is 5.92 Å². The van der Waals surface area contributed by atoms with Crippen molar-refractivity contribution in [2.75, 3.05) is 14.2 Å². The Bertz CT molecular complexity index is 1380. The molecule has 2 N–H and O–H groups in total. The third-order valence-corrected chi connectivity index (χ3v) is 16.2. The van der Waals surface area contributed by atoms with Gasteiger partial charge in [-0.15, -0.1) is 0 Å². The van der Waals surface area contributed by atoms with E-state index < -0.39 is 35.0 Å². The highest BCUT2D eigenvalue weighted by Crippen LogP contribution is 2.89. The smallest absolute Gasteiger partial charge is 0.410 e. The van der Waals surface area contributed by atoms with Crippen molar-refractivity contribution in [3.63, 3.8) is 0 Å². The number of amides is 1. The SMILES string of the molecule is CO[C@H]1CC2[C@]3(CC[C@]4(C)[C@@H]([C@@]5(C)CC[C@@H](C(C)(C)O)O5)[C@@H](O)C[C@@]24C)C[C@@]32CC[C@H](OC(=O)[C@H](C(C)C)N(C)C(=O)OC(C)(C)C)C(C)(C)[C@H]12. The average molecular weight is 718 g/mol. The first kappa shape index (κ1) is 39.3. The first-order valence-corrected chi connectivity index (χ1v) is 20.0. The van der Waals surface area contributed by atoms with Crippen molar-refractivity contribution in [1.29, 1.82) is 0 Å². The monoisotopic (exact) mass is 718 g/mol. The quantitative estimate of drug-likeness (QED) is 0.260. The summed E-state index contributed by atoms with van der Waals surface area (Å²) in [7, 11) is 3.48.